The number of nitrogens with one attached hydrogen (secondary N) is 2. The summed E-state index contributed by atoms with van der Waals surface area (Å²) in [5, 5.41) is 14.7. The maximum atomic E-state index is 12.6. The van der Waals surface area contributed by atoms with E-state index in [1.165, 1.54) is 12.8 Å². The summed E-state index contributed by atoms with van der Waals surface area (Å²) in [4.78, 5) is 12.6. The van der Waals surface area contributed by atoms with Crippen molar-refractivity contribution in [3.05, 3.63) is 34.4 Å². The lowest BCUT2D eigenvalue weighted by Gasteiger charge is -2.26. The largest absolute Gasteiger partial charge is 0.369 e. The van der Waals surface area contributed by atoms with Crippen LogP contribution in [0.4, 0.5) is 0 Å². The molecule has 2 aromatic heterocycles. The first-order valence-electron chi connectivity index (χ1n) is 8.56. The van der Waals surface area contributed by atoms with Gasteiger partial charge in [0.2, 0.25) is 0 Å². The van der Waals surface area contributed by atoms with Crippen LogP contribution in [0.2, 0.25) is 0 Å². The van der Waals surface area contributed by atoms with E-state index in [1.807, 2.05) is 27.0 Å². The number of H-pyrrole nitrogens is 1. The number of ether oxygens (including phenoxy) is 1. The van der Waals surface area contributed by atoms with E-state index in [0.717, 1.165) is 22.6 Å². The van der Waals surface area contributed by atoms with Crippen molar-refractivity contribution >= 4 is 5.91 Å². The van der Waals surface area contributed by atoms with Crippen LogP contribution in [0.3, 0.4) is 0 Å². The zero-order valence-corrected chi connectivity index (χ0v) is 14.3. The molecule has 1 saturated carbocycles. The van der Waals surface area contributed by atoms with Gasteiger partial charge in [-0.3, -0.25) is 14.6 Å². The monoisotopic (exact) mass is 329 g/mol. The van der Waals surface area contributed by atoms with Gasteiger partial charge in [0, 0.05) is 24.9 Å². The summed E-state index contributed by atoms with van der Waals surface area (Å²) in [6.45, 7) is 4.46. The minimum atomic E-state index is -0.143. The molecule has 1 amide bonds. The second-order valence-electron chi connectivity index (χ2n) is 6.90. The van der Waals surface area contributed by atoms with Crippen molar-refractivity contribution < 1.29 is 9.53 Å². The van der Waals surface area contributed by atoms with Gasteiger partial charge < -0.3 is 10.1 Å². The number of aryl methyl sites for hydroxylation is 1. The van der Waals surface area contributed by atoms with E-state index in [4.69, 9.17) is 4.74 Å². The van der Waals surface area contributed by atoms with Crippen LogP contribution in [0, 0.1) is 0 Å². The number of nitrogens with zero attached hydrogens (tertiary/aromatic N) is 3. The van der Waals surface area contributed by atoms with Crippen LogP contribution < -0.4 is 5.32 Å². The fourth-order valence-corrected chi connectivity index (χ4v) is 3.54. The fourth-order valence-electron chi connectivity index (χ4n) is 3.54. The van der Waals surface area contributed by atoms with Gasteiger partial charge in [-0.25, -0.2) is 0 Å². The summed E-state index contributed by atoms with van der Waals surface area (Å²) in [5.74, 6) is 0.465. The molecule has 7 nitrogen and oxygen atoms in total. The molecule has 24 heavy (non-hydrogen) atoms. The standard InChI is InChI=1S/C17H23N5O2/c1-9-6-13-15(21-22(3)16(13)10(2)24-9)17(23)18-8-12-7-14(20-19-12)11-4-5-11/h7,9-11H,4-6,8H2,1-3H3,(H,18,23)(H,19,20)/t9-,10+/m1/s1. The summed E-state index contributed by atoms with van der Waals surface area (Å²) >= 11 is 0. The number of carbonyl (C=O) groups is 1. The second-order valence-corrected chi connectivity index (χ2v) is 6.90. The van der Waals surface area contributed by atoms with Gasteiger partial charge in [-0.15, -0.1) is 0 Å². The molecule has 0 saturated heterocycles. The van der Waals surface area contributed by atoms with E-state index in [1.54, 1.807) is 4.68 Å². The first-order chi connectivity index (χ1) is 11.5. The number of fused-ring (bicyclic) bond motifs is 1. The topological polar surface area (TPSA) is 84.8 Å². The van der Waals surface area contributed by atoms with E-state index >= 15 is 0 Å². The average molecular weight is 329 g/mol. The quantitative estimate of drug-likeness (QED) is 0.898. The number of hydrogen-bond donors (Lipinski definition) is 2. The van der Waals surface area contributed by atoms with Crippen LogP contribution >= 0.6 is 0 Å². The Bertz CT molecular complexity index is 774. The molecule has 1 aliphatic carbocycles. The summed E-state index contributed by atoms with van der Waals surface area (Å²) in [6, 6.07) is 2.05. The SMILES string of the molecule is C[C@@H]1Cc2c(C(=O)NCc3cc(C4CC4)n[nH]3)nn(C)c2[C@H](C)O1. The predicted molar refractivity (Wildman–Crippen MR) is 87.6 cm³/mol. The Morgan fingerprint density at radius 1 is 1.46 bits per heavy atom. The smallest absolute Gasteiger partial charge is 0.272 e. The van der Waals surface area contributed by atoms with Crippen LogP contribution in [0.25, 0.3) is 0 Å². The molecule has 0 spiro atoms. The molecule has 0 unspecified atom stereocenters. The van der Waals surface area contributed by atoms with Gasteiger partial charge in [0.05, 0.1) is 35.8 Å². The molecule has 2 aliphatic rings. The van der Waals surface area contributed by atoms with Gasteiger partial charge in [-0.05, 0) is 32.8 Å². The molecular formula is C17H23N5O2. The molecule has 2 atom stereocenters. The predicted octanol–water partition coefficient (Wildman–Crippen LogP) is 1.97. The van der Waals surface area contributed by atoms with Crippen molar-refractivity contribution in [2.24, 2.45) is 7.05 Å². The van der Waals surface area contributed by atoms with E-state index in [9.17, 15) is 4.79 Å². The molecule has 1 aliphatic heterocycles. The Balaban J connectivity index is 1.49. The van der Waals surface area contributed by atoms with Gasteiger partial charge in [0.15, 0.2) is 5.69 Å². The lowest BCUT2D eigenvalue weighted by Crippen LogP contribution is -2.27. The lowest BCUT2D eigenvalue weighted by molar-refractivity contribution is -0.00903. The van der Waals surface area contributed by atoms with Gasteiger partial charge in [-0.2, -0.15) is 10.2 Å². The number of amides is 1. The Labute approximate surface area is 140 Å². The van der Waals surface area contributed by atoms with Crippen LogP contribution in [0.1, 0.15) is 71.8 Å². The number of rotatable bonds is 4. The zero-order chi connectivity index (χ0) is 16.8. The normalized spacial score (nSPS) is 23.1. The lowest BCUT2D eigenvalue weighted by atomic mass is 9.99. The van der Waals surface area contributed by atoms with Crippen LogP contribution in [-0.2, 0) is 24.8 Å². The fraction of sp³-hybridized carbons (Fsp3) is 0.588. The third kappa shape index (κ3) is 2.73. The van der Waals surface area contributed by atoms with E-state index in [2.05, 4.69) is 20.6 Å². The van der Waals surface area contributed by atoms with Crippen molar-refractivity contribution in [3.63, 3.8) is 0 Å². The minimum absolute atomic E-state index is 0.0449. The molecule has 128 valence electrons. The van der Waals surface area contributed by atoms with Crippen molar-refractivity contribution in [1.29, 1.82) is 0 Å². The number of carbonyl (C=O) groups excluding carboxylic acids is 1. The summed E-state index contributed by atoms with van der Waals surface area (Å²) in [6.07, 6.45) is 3.20. The molecule has 4 rings (SSSR count). The first kappa shape index (κ1) is 15.4. The highest BCUT2D eigenvalue weighted by Gasteiger charge is 2.31. The van der Waals surface area contributed by atoms with Crippen LogP contribution in [0.15, 0.2) is 6.07 Å². The average Bonchev–Trinajstić information content (AvgIpc) is 3.18. The third-order valence-electron chi connectivity index (χ3n) is 4.81. The highest BCUT2D eigenvalue weighted by molar-refractivity contribution is 5.94. The molecule has 1 fully saturated rings. The Kier molecular flexibility index (Phi) is 3.68. The summed E-state index contributed by atoms with van der Waals surface area (Å²) in [7, 11) is 1.86. The highest BCUT2D eigenvalue weighted by atomic mass is 16.5. The summed E-state index contributed by atoms with van der Waals surface area (Å²) in [5.41, 5.74) is 4.55. The van der Waals surface area contributed by atoms with Crippen molar-refractivity contribution in [1.82, 2.24) is 25.3 Å². The van der Waals surface area contributed by atoms with Gasteiger partial charge in [-0.1, -0.05) is 0 Å². The van der Waals surface area contributed by atoms with E-state index < -0.39 is 0 Å². The van der Waals surface area contributed by atoms with Crippen LogP contribution in [-0.4, -0.2) is 32.0 Å². The molecule has 0 radical (unpaired) electrons. The molecule has 0 bridgehead atoms. The Morgan fingerprint density at radius 2 is 2.25 bits per heavy atom. The number of aromatic nitrogens is 4. The third-order valence-corrected chi connectivity index (χ3v) is 4.81. The van der Waals surface area contributed by atoms with Gasteiger partial charge in [0.25, 0.3) is 5.91 Å². The second kappa shape index (κ2) is 5.73. The molecule has 2 N–H and O–H groups in total. The van der Waals surface area contributed by atoms with E-state index in [-0.39, 0.29) is 18.1 Å². The summed E-state index contributed by atoms with van der Waals surface area (Å²) < 4.78 is 7.61. The molecule has 3 heterocycles. The molecule has 0 aromatic carbocycles. The number of aromatic amines is 1. The van der Waals surface area contributed by atoms with Crippen molar-refractivity contribution in [3.8, 4) is 0 Å². The molecule has 7 heteroatoms. The number of hydrogen-bond acceptors (Lipinski definition) is 4. The van der Waals surface area contributed by atoms with Crippen LogP contribution in [0.5, 0.6) is 0 Å². The van der Waals surface area contributed by atoms with Crippen molar-refractivity contribution in [2.75, 3.05) is 0 Å². The maximum Gasteiger partial charge on any atom is 0.272 e. The zero-order valence-electron chi connectivity index (χ0n) is 14.3. The Hall–Kier alpha value is -2.15. The minimum Gasteiger partial charge on any atom is -0.369 e. The first-order valence-corrected chi connectivity index (χ1v) is 8.56. The highest BCUT2D eigenvalue weighted by Crippen LogP contribution is 2.39. The Morgan fingerprint density at radius 3 is 3.00 bits per heavy atom. The maximum absolute atomic E-state index is 12.6. The van der Waals surface area contributed by atoms with E-state index in [0.29, 0.717) is 24.6 Å². The molecule has 2 aromatic rings. The van der Waals surface area contributed by atoms with Gasteiger partial charge in [0.1, 0.15) is 0 Å². The molecular weight excluding hydrogens is 306 g/mol. The van der Waals surface area contributed by atoms with Crippen molar-refractivity contribution in [2.45, 2.75) is 57.8 Å². The van der Waals surface area contributed by atoms with Gasteiger partial charge >= 0.3 is 0 Å².